The Kier molecular flexibility index (Phi) is 4.12. The molecule has 1 aromatic rings. The van der Waals surface area contributed by atoms with Crippen LogP contribution in [0.15, 0.2) is 24.4 Å². The van der Waals surface area contributed by atoms with Gasteiger partial charge in [-0.25, -0.2) is 0 Å². The lowest BCUT2D eigenvalue weighted by atomic mass is 9.63. The lowest BCUT2D eigenvalue weighted by Crippen LogP contribution is -2.34. The summed E-state index contributed by atoms with van der Waals surface area (Å²) in [5.74, 6) is -0.0777. The second-order valence-corrected chi connectivity index (χ2v) is 7.83. The van der Waals surface area contributed by atoms with Gasteiger partial charge in [0.1, 0.15) is 5.75 Å². The summed E-state index contributed by atoms with van der Waals surface area (Å²) < 4.78 is 0. The zero-order valence-corrected chi connectivity index (χ0v) is 14.5. The number of benzene rings is 1. The fourth-order valence-corrected chi connectivity index (χ4v) is 3.11. The van der Waals surface area contributed by atoms with Gasteiger partial charge in [-0.05, 0) is 46.9 Å². The average molecular weight is 301 g/mol. The van der Waals surface area contributed by atoms with Crippen molar-refractivity contribution >= 4 is 5.78 Å². The van der Waals surface area contributed by atoms with E-state index in [1.54, 1.807) is 17.2 Å². The van der Waals surface area contributed by atoms with Gasteiger partial charge in [-0.2, -0.15) is 0 Å². The van der Waals surface area contributed by atoms with Crippen molar-refractivity contribution in [2.75, 3.05) is 14.1 Å². The molecule has 1 aromatic carbocycles. The Morgan fingerprint density at radius 1 is 1.09 bits per heavy atom. The van der Waals surface area contributed by atoms with Gasteiger partial charge in [-0.1, -0.05) is 27.7 Å². The molecule has 0 bridgehead atoms. The molecule has 120 valence electrons. The van der Waals surface area contributed by atoms with Crippen molar-refractivity contribution in [1.29, 1.82) is 0 Å². The van der Waals surface area contributed by atoms with E-state index in [0.29, 0.717) is 5.56 Å². The molecule has 0 saturated carbocycles. The number of allylic oxidation sites excluding steroid dienone is 1. The molecule has 0 amide bonds. The second-order valence-electron chi connectivity index (χ2n) is 7.83. The minimum atomic E-state index is -0.159. The first-order valence-corrected chi connectivity index (χ1v) is 7.81. The topological polar surface area (TPSA) is 40.5 Å². The number of phenolic OH excluding ortho intramolecular Hbond substituents is 1. The van der Waals surface area contributed by atoms with E-state index in [9.17, 15) is 9.90 Å². The molecular weight excluding hydrogens is 274 g/mol. The van der Waals surface area contributed by atoms with Crippen LogP contribution in [0.4, 0.5) is 0 Å². The number of hydrogen-bond acceptors (Lipinski definition) is 3. The Hall–Kier alpha value is -1.77. The summed E-state index contributed by atoms with van der Waals surface area (Å²) in [5, 5.41) is 10.3. The number of carbonyl (C=O) groups excluding carboxylic acids is 1. The highest BCUT2D eigenvalue weighted by Crippen LogP contribution is 2.47. The maximum atomic E-state index is 12.4. The summed E-state index contributed by atoms with van der Waals surface area (Å²) in [6.45, 7) is 8.83. The number of ketones is 1. The number of nitrogens with zero attached hydrogens (tertiary/aromatic N) is 1. The van der Waals surface area contributed by atoms with Crippen LogP contribution >= 0.6 is 0 Å². The third-order valence-electron chi connectivity index (χ3n) is 4.76. The highest BCUT2D eigenvalue weighted by molar-refractivity contribution is 6.06. The summed E-state index contributed by atoms with van der Waals surface area (Å²) >= 11 is 0. The SMILES string of the molecule is CN(C)/C=C/C(=O)c1cc2c(cc1O)C(C)(C)CCC2(C)C. The van der Waals surface area contributed by atoms with E-state index in [0.717, 1.165) is 18.4 Å². The van der Waals surface area contributed by atoms with Gasteiger partial charge in [0, 0.05) is 26.4 Å². The predicted molar refractivity (Wildman–Crippen MR) is 90.6 cm³/mol. The van der Waals surface area contributed by atoms with Crippen molar-refractivity contribution in [3.05, 3.63) is 41.1 Å². The first-order valence-electron chi connectivity index (χ1n) is 7.81. The van der Waals surface area contributed by atoms with Crippen molar-refractivity contribution in [2.45, 2.75) is 51.4 Å². The average Bonchev–Trinajstić information content (AvgIpc) is 2.41. The van der Waals surface area contributed by atoms with Gasteiger partial charge in [0.15, 0.2) is 5.78 Å². The standard InChI is InChI=1S/C19H27NO2/c1-18(2)8-9-19(3,4)15-12-17(22)13(11-14(15)18)16(21)7-10-20(5)6/h7,10-12,22H,8-9H2,1-6H3/b10-7+. The van der Waals surface area contributed by atoms with E-state index in [1.165, 1.54) is 11.6 Å². The molecule has 0 radical (unpaired) electrons. The number of carbonyl (C=O) groups is 1. The molecule has 22 heavy (non-hydrogen) atoms. The predicted octanol–water partition coefficient (Wildman–Crippen LogP) is 4.00. The van der Waals surface area contributed by atoms with Crippen LogP contribution in [0.5, 0.6) is 5.75 Å². The lowest BCUT2D eigenvalue weighted by molar-refractivity contribution is 0.104. The van der Waals surface area contributed by atoms with Gasteiger partial charge >= 0.3 is 0 Å². The highest BCUT2D eigenvalue weighted by Gasteiger charge is 2.38. The minimum Gasteiger partial charge on any atom is -0.507 e. The zero-order chi connectivity index (χ0) is 16.7. The van der Waals surface area contributed by atoms with Crippen LogP contribution in [0.25, 0.3) is 0 Å². The number of hydrogen-bond donors (Lipinski definition) is 1. The molecule has 0 heterocycles. The molecule has 3 nitrogen and oxygen atoms in total. The van der Waals surface area contributed by atoms with Crippen molar-refractivity contribution < 1.29 is 9.90 Å². The molecule has 1 aliphatic rings. The third-order valence-corrected chi connectivity index (χ3v) is 4.76. The minimum absolute atomic E-state index is 0.0266. The van der Waals surface area contributed by atoms with Crippen molar-refractivity contribution in [2.24, 2.45) is 0 Å². The molecule has 2 rings (SSSR count). The highest BCUT2D eigenvalue weighted by atomic mass is 16.3. The van der Waals surface area contributed by atoms with E-state index in [2.05, 4.69) is 27.7 Å². The smallest absolute Gasteiger partial charge is 0.191 e. The zero-order valence-electron chi connectivity index (χ0n) is 14.5. The summed E-state index contributed by atoms with van der Waals surface area (Å²) in [6, 6.07) is 3.70. The third kappa shape index (κ3) is 3.03. The summed E-state index contributed by atoms with van der Waals surface area (Å²) in [4.78, 5) is 14.2. The summed E-state index contributed by atoms with van der Waals surface area (Å²) in [7, 11) is 3.73. The van der Waals surface area contributed by atoms with Crippen LogP contribution in [0, 0.1) is 0 Å². The molecule has 0 saturated heterocycles. The molecule has 0 aliphatic heterocycles. The van der Waals surface area contributed by atoms with Crippen LogP contribution in [0.3, 0.4) is 0 Å². The first-order chi connectivity index (χ1) is 10.0. The Bertz CT molecular complexity index is 625. The fraction of sp³-hybridized carbons (Fsp3) is 0.526. The molecule has 0 fully saturated rings. The normalized spacial score (nSPS) is 19.0. The maximum absolute atomic E-state index is 12.4. The van der Waals surface area contributed by atoms with Crippen LogP contribution < -0.4 is 0 Å². The second kappa shape index (κ2) is 5.45. The van der Waals surface area contributed by atoms with Crippen molar-refractivity contribution in [3.63, 3.8) is 0 Å². The van der Waals surface area contributed by atoms with E-state index in [4.69, 9.17) is 0 Å². The monoisotopic (exact) mass is 301 g/mol. The Balaban J connectivity index is 2.55. The van der Waals surface area contributed by atoms with Gasteiger partial charge < -0.3 is 10.0 Å². The van der Waals surface area contributed by atoms with Gasteiger partial charge in [0.2, 0.25) is 0 Å². The molecule has 1 N–H and O–H groups in total. The van der Waals surface area contributed by atoms with Gasteiger partial charge in [-0.15, -0.1) is 0 Å². The summed E-state index contributed by atoms with van der Waals surface area (Å²) in [5.41, 5.74) is 2.79. The van der Waals surface area contributed by atoms with Crippen LogP contribution in [-0.2, 0) is 10.8 Å². The van der Waals surface area contributed by atoms with E-state index in [1.807, 2.05) is 20.2 Å². The molecule has 0 spiro atoms. The van der Waals surface area contributed by atoms with Gasteiger partial charge in [0.05, 0.1) is 5.56 Å². The molecule has 0 unspecified atom stereocenters. The first kappa shape index (κ1) is 16.6. The fourth-order valence-electron chi connectivity index (χ4n) is 3.11. The van der Waals surface area contributed by atoms with Crippen molar-refractivity contribution in [1.82, 2.24) is 4.90 Å². The molecule has 1 aliphatic carbocycles. The molecular formula is C19H27NO2. The number of aromatic hydroxyl groups is 1. The van der Waals surface area contributed by atoms with E-state index in [-0.39, 0.29) is 22.4 Å². The Morgan fingerprint density at radius 3 is 2.09 bits per heavy atom. The largest absolute Gasteiger partial charge is 0.507 e. The molecule has 3 heteroatoms. The number of fused-ring (bicyclic) bond motifs is 1. The van der Waals surface area contributed by atoms with Crippen LogP contribution in [0.2, 0.25) is 0 Å². The van der Waals surface area contributed by atoms with E-state index >= 15 is 0 Å². The van der Waals surface area contributed by atoms with Crippen LogP contribution in [0.1, 0.15) is 62.0 Å². The van der Waals surface area contributed by atoms with Crippen molar-refractivity contribution in [3.8, 4) is 5.75 Å². The maximum Gasteiger partial charge on any atom is 0.191 e. The van der Waals surface area contributed by atoms with Crippen LogP contribution in [-0.4, -0.2) is 29.9 Å². The number of phenols is 1. The summed E-state index contributed by atoms with van der Waals surface area (Å²) in [6.07, 6.45) is 5.37. The van der Waals surface area contributed by atoms with Gasteiger partial charge in [-0.3, -0.25) is 4.79 Å². The molecule has 0 aromatic heterocycles. The Morgan fingerprint density at radius 2 is 1.59 bits per heavy atom. The molecule has 0 atom stereocenters. The van der Waals surface area contributed by atoms with Gasteiger partial charge in [0.25, 0.3) is 0 Å². The number of rotatable bonds is 3. The lowest BCUT2D eigenvalue weighted by Gasteiger charge is -2.42. The van der Waals surface area contributed by atoms with E-state index < -0.39 is 0 Å². The quantitative estimate of drug-likeness (QED) is 0.677. The Labute approximate surface area is 133 Å².